The maximum Gasteiger partial charge on any atom is 0.0678 e. The van der Waals surface area contributed by atoms with Gasteiger partial charge in [0.2, 0.25) is 0 Å². The van der Waals surface area contributed by atoms with E-state index in [1.165, 1.54) is 6.42 Å². The first kappa shape index (κ1) is 12.3. The Morgan fingerprint density at radius 2 is 1.83 bits per heavy atom. The fourth-order valence-corrected chi connectivity index (χ4v) is 1.87. The van der Waals surface area contributed by atoms with Gasteiger partial charge in [0.05, 0.1) is 6.10 Å². The highest BCUT2D eigenvalue weighted by Gasteiger charge is 2.22. The lowest BCUT2D eigenvalue weighted by molar-refractivity contribution is 0.0842. The van der Waals surface area contributed by atoms with E-state index in [2.05, 4.69) is 34.6 Å². The SMILES string of the molecule is CCC(C)SCC(O)C(C)(C)C. The predicted octanol–water partition coefficient (Wildman–Crippen LogP) is 2.93. The standard InChI is InChI=1S/C10H22OS/c1-6-8(2)12-7-9(11)10(3,4)5/h8-9,11H,6-7H2,1-5H3. The molecule has 0 rings (SSSR count). The molecular weight excluding hydrogens is 168 g/mol. The van der Waals surface area contributed by atoms with Gasteiger partial charge < -0.3 is 5.11 Å². The third-order valence-electron chi connectivity index (χ3n) is 2.11. The first-order valence-corrected chi connectivity index (χ1v) is 5.72. The zero-order valence-corrected chi connectivity index (χ0v) is 9.74. The normalized spacial score (nSPS) is 17.5. The van der Waals surface area contributed by atoms with Crippen LogP contribution >= 0.6 is 11.8 Å². The fraction of sp³-hybridized carbons (Fsp3) is 1.00. The van der Waals surface area contributed by atoms with Gasteiger partial charge in [0.25, 0.3) is 0 Å². The molecule has 12 heavy (non-hydrogen) atoms. The van der Waals surface area contributed by atoms with E-state index in [1.807, 2.05) is 11.8 Å². The van der Waals surface area contributed by atoms with Gasteiger partial charge in [0.15, 0.2) is 0 Å². The number of aliphatic hydroxyl groups excluding tert-OH is 1. The molecule has 0 fully saturated rings. The van der Waals surface area contributed by atoms with Crippen LogP contribution in [-0.2, 0) is 0 Å². The van der Waals surface area contributed by atoms with E-state index in [0.29, 0.717) is 5.25 Å². The van der Waals surface area contributed by atoms with Crippen LogP contribution in [0.5, 0.6) is 0 Å². The molecule has 74 valence electrons. The average molecular weight is 190 g/mol. The fourth-order valence-electron chi connectivity index (χ4n) is 0.623. The number of aliphatic hydroxyl groups is 1. The summed E-state index contributed by atoms with van der Waals surface area (Å²) < 4.78 is 0. The van der Waals surface area contributed by atoms with Crippen LogP contribution in [0.2, 0.25) is 0 Å². The molecule has 0 aromatic heterocycles. The van der Waals surface area contributed by atoms with Crippen LogP contribution in [-0.4, -0.2) is 22.2 Å². The smallest absolute Gasteiger partial charge is 0.0678 e. The maximum absolute atomic E-state index is 9.71. The van der Waals surface area contributed by atoms with Crippen molar-refractivity contribution in [1.29, 1.82) is 0 Å². The van der Waals surface area contributed by atoms with Crippen molar-refractivity contribution in [2.75, 3.05) is 5.75 Å². The second-order valence-electron chi connectivity index (χ2n) is 4.43. The Labute approximate surface area is 80.9 Å². The first-order valence-electron chi connectivity index (χ1n) is 4.67. The monoisotopic (exact) mass is 190 g/mol. The largest absolute Gasteiger partial charge is 0.392 e. The van der Waals surface area contributed by atoms with Gasteiger partial charge >= 0.3 is 0 Å². The summed E-state index contributed by atoms with van der Waals surface area (Å²) in [5.41, 5.74) is 0.0282. The summed E-state index contributed by atoms with van der Waals surface area (Å²) in [7, 11) is 0. The van der Waals surface area contributed by atoms with Crippen molar-refractivity contribution in [2.45, 2.75) is 52.4 Å². The van der Waals surface area contributed by atoms with Gasteiger partial charge in [0.1, 0.15) is 0 Å². The molecule has 0 aliphatic heterocycles. The minimum Gasteiger partial charge on any atom is -0.392 e. The van der Waals surface area contributed by atoms with E-state index in [4.69, 9.17) is 0 Å². The first-order chi connectivity index (χ1) is 5.38. The highest BCUT2D eigenvalue weighted by Crippen LogP contribution is 2.24. The lowest BCUT2D eigenvalue weighted by Crippen LogP contribution is -2.28. The van der Waals surface area contributed by atoms with Crippen LogP contribution in [0.3, 0.4) is 0 Å². The second-order valence-corrected chi connectivity index (χ2v) is 5.91. The van der Waals surface area contributed by atoms with E-state index in [1.54, 1.807) is 0 Å². The molecule has 0 aliphatic carbocycles. The maximum atomic E-state index is 9.71. The van der Waals surface area contributed by atoms with E-state index in [0.717, 1.165) is 5.75 Å². The summed E-state index contributed by atoms with van der Waals surface area (Å²) in [6.45, 7) is 10.6. The molecule has 0 aromatic carbocycles. The zero-order valence-electron chi connectivity index (χ0n) is 8.92. The summed E-state index contributed by atoms with van der Waals surface area (Å²) in [6.07, 6.45) is 0.998. The van der Waals surface area contributed by atoms with Crippen LogP contribution in [0.15, 0.2) is 0 Å². The Hall–Kier alpha value is 0.310. The Morgan fingerprint density at radius 3 is 2.17 bits per heavy atom. The summed E-state index contributed by atoms with van der Waals surface area (Å²) >= 11 is 1.86. The molecule has 0 spiro atoms. The summed E-state index contributed by atoms with van der Waals surface area (Å²) in [4.78, 5) is 0. The average Bonchev–Trinajstić information content (AvgIpc) is 1.97. The minimum absolute atomic E-state index is 0.0282. The molecule has 0 heterocycles. The van der Waals surface area contributed by atoms with Crippen LogP contribution in [0.25, 0.3) is 0 Å². The van der Waals surface area contributed by atoms with Crippen molar-refractivity contribution < 1.29 is 5.11 Å². The van der Waals surface area contributed by atoms with Crippen molar-refractivity contribution in [3.05, 3.63) is 0 Å². The molecule has 2 unspecified atom stereocenters. The molecule has 2 heteroatoms. The molecule has 0 saturated heterocycles. The van der Waals surface area contributed by atoms with Gasteiger partial charge in [-0.05, 0) is 11.8 Å². The lowest BCUT2D eigenvalue weighted by atomic mass is 9.90. The van der Waals surface area contributed by atoms with Crippen LogP contribution < -0.4 is 0 Å². The van der Waals surface area contributed by atoms with Gasteiger partial charge in [0, 0.05) is 11.0 Å². The lowest BCUT2D eigenvalue weighted by Gasteiger charge is -2.26. The van der Waals surface area contributed by atoms with E-state index < -0.39 is 0 Å². The highest BCUT2D eigenvalue weighted by atomic mass is 32.2. The third kappa shape index (κ3) is 5.04. The molecule has 0 radical (unpaired) electrons. The van der Waals surface area contributed by atoms with Crippen LogP contribution in [0.4, 0.5) is 0 Å². The number of hydrogen-bond donors (Lipinski definition) is 1. The molecular formula is C10H22OS. The zero-order chi connectivity index (χ0) is 9.78. The Bertz CT molecular complexity index is 117. The number of hydrogen-bond acceptors (Lipinski definition) is 2. The van der Waals surface area contributed by atoms with Gasteiger partial charge in [-0.3, -0.25) is 0 Å². The second kappa shape index (κ2) is 5.13. The highest BCUT2D eigenvalue weighted by molar-refractivity contribution is 7.99. The molecule has 1 nitrogen and oxygen atoms in total. The van der Waals surface area contributed by atoms with E-state index in [9.17, 15) is 5.11 Å². The molecule has 1 N–H and O–H groups in total. The van der Waals surface area contributed by atoms with Gasteiger partial charge in [-0.2, -0.15) is 11.8 Å². The Morgan fingerprint density at radius 1 is 1.33 bits per heavy atom. The van der Waals surface area contributed by atoms with Crippen molar-refractivity contribution >= 4 is 11.8 Å². The van der Waals surface area contributed by atoms with Crippen LogP contribution in [0, 0.1) is 5.41 Å². The quantitative estimate of drug-likeness (QED) is 0.735. The number of thioether (sulfide) groups is 1. The molecule has 0 bridgehead atoms. The topological polar surface area (TPSA) is 20.2 Å². The Balaban J connectivity index is 3.64. The minimum atomic E-state index is -0.184. The molecule has 0 saturated carbocycles. The van der Waals surface area contributed by atoms with Gasteiger partial charge in [-0.15, -0.1) is 0 Å². The molecule has 0 aliphatic rings. The van der Waals surface area contributed by atoms with E-state index in [-0.39, 0.29) is 11.5 Å². The van der Waals surface area contributed by atoms with Crippen molar-refractivity contribution in [3.63, 3.8) is 0 Å². The van der Waals surface area contributed by atoms with E-state index >= 15 is 0 Å². The summed E-state index contributed by atoms with van der Waals surface area (Å²) in [5, 5.41) is 10.4. The molecule has 0 aromatic rings. The van der Waals surface area contributed by atoms with Crippen molar-refractivity contribution in [2.24, 2.45) is 5.41 Å². The van der Waals surface area contributed by atoms with Crippen LogP contribution in [0.1, 0.15) is 41.0 Å². The third-order valence-corrected chi connectivity index (χ3v) is 3.52. The van der Waals surface area contributed by atoms with Crippen molar-refractivity contribution in [3.8, 4) is 0 Å². The van der Waals surface area contributed by atoms with Crippen molar-refractivity contribution in [1.82, 2.24) is 0 Å². The van der Waals surface area contributed by atoms with Gasteiger partial charge in [-0.25, -0.2) is 0 Å². The molecule has 0 amide bonds. The summed E-state index contributed by atoms with van der Waals surface area (Å²) in [5.74, 6) is 0.860. The summed E-state index contributed by atoms with van der Waals surface area (Å²) in [6, 6.07) is 0. The Kier molecular flexibility index (Phi) is 5.26. The number of rotatable bonds is 4. The van der Waals surface area contributed by atoms with Gasteiger partial charge in [-0.1, -0.05) is 34.6 Å². The molecule has 2 atom stereocenters. The predicted molar refractivity (Wildman–Crippen MR) is 57.7 cm³/mol.